The lowest BCUT2D eigenvalue weighted by Gasteiger charge is -2.15. The Bertz CT molecular complexity index is 717. The Kier molecular flexibility index (Phi) is 5.25. The molecule has 2 rings (SSSR count). The van der Waals surface area contributed by atoms with E-state index in [1.807, 2.05) is 0 Å². The maximum atomic E-state index is 12.1. The Morgan fingerprint density at radius 1 is 1.35 bits per heavy atom. The molecular formula is C14H12Cl2N2O5. The molecule has 0 unspecified atom stereocenters. The van der Waals surface area contributed by atoms with Crippen molar-refractivity contribution in [2.24, 2.45) is 0 Å². The molecular weight excluding hydrogens is 347 g/mol. The molecule has 1 aliphatic heterocycles. The summed E-state index contributed by atoms with van der Waals surface area (Å²) in [5.74, 6) is -1.86. The van der Waals surface area contributed by atoms with E-state index < -0.39 is 17.8 Å². The number of nitrogens with one attached hydrogen (secondary N) is 1. The van der Waals surface area contributed by atoms with Gasteiger partial charge in [0.25, 0.3) is 11.8 Å². The number of esters is 1. The highest BCUT2D eigenvalue weighted by Crippen LogP contribution is 2.35. The summed E-state index contributed by atoms with van der Waals surface area (Å²) in [6, 6.07) is 2.80. The van der Waals surface area contributed by atoms with Crippen molar-refractivity contribution >= 4 is 46.7 Å². The van der Waals surface area contributed by atoms with Crippen molar-refractivity contribution in [1.82, 2.24) is 4.90 Å². The summed E-state index contributed by atoms with van der Waals surface area (Å²) in [7, 11) is 1.20. The third-order valence-electron chi connectivity index (χ3n) is 3.09. The van der Waals surface area contributed by atoms with E-state index in [-0.39, 0.29) is 40.1 Å². The third-order valence-corrected chi connectivity index (χ3v) is 3.80. The van der Waals surface area contributed by atoms with Gasteiger partial charge in [-0.1, -0.05) is 23.2 Å². The molecule has 7 nitrogen and oxygen atoms in total. The zero-order chi connectivity index (χ0) is 17.1. The molecule has 0 atom stereocenters. The average molecular weight is 359 g/mol. The van der Waals surface area contributed by atoms with Crippen molar-refractivity contribution in [2.75, 3.05) is 25.6 Å². The van der Waals surface area contributed by atoms with Crippen LogP contribution in [-0.2, 0) is 14.3 Å². The van der Waals surface area contributed by atoms with Crippen molar-refractivity contribution in [3.05, 3.63) is 39.5 Å². The number of β-amino-alcohol motifs (C(OH)–C–C–N with tert-alkyl or cyclic N) is 1. The van der Waals surface area contributed by atoms with Crippen LogP contribution in [-0.4, -0.2) is 48.1 Å². The summed E-state index contributed by atoms with van der Waals surface area (Å²) in [6.07, 6.45) is 1.06. The smallest absolute Gasteiger partial charge is 0.339 e. The minimum atomic E-state index is -0.667. The van der Waals surface area contributed by atoms with Gasteiger partial charge in [-0.25, -0.2) is 4.79 Å². The first-order valence-corrected chi connectivity index (χ1v) is 7.18. The molecule has 122 valence electrons. The topological polar surface area (TPSA) is 95.9 Å². The van der Waals surface area contributed by atoms with Crippen LogP contribution in [0.4, 0.5) is 5.69 Å². The number of amides is 2. The molecule has 1 aliphatic rings. The van der Waals surface area contributed by atoms with Gasteiger partial charge in [0.05, 0.1) is 41.6 Å². The quantitative estimate of drug-likeness (QED) is 0.610. The maximum Gasteiger partial charge on any atom is 0.339 e. The fourth-order valence-corrected chi connectivity index (χ4v) is 2.52. The molecule has 0 aromatic heterocycles. The van der Waals surface area contributed by atoms with Crippen LogP contribution in [0.1, 0.15) is 10.4 Å². The number of nitrogens with zero attached hydrogens (tertiary/aromatic N) is 1. The normalized spacial score (nSPS) is 14.1. The zero-order valence-electron chi connectivity index (χ0n) is 11.9. The highest BCUT2D eigenvalue weighted by Gasteiger charge is 2.31. The number of benzene rings is 1. The molecule has 1 aromatic carbocycles. The molecule has 0 bridgehead atoms. The highest BCUT2D eigenvalue weighted by molar-refractivity contribution is 6.41. The SMILES string of the molecule is COC(=O)c1ccc(Cl)c(NC2=CC(=O)N(CCO)C2=O)c1Cl. The minimum absolute atomic E-state index is 0.0360. The van der Waals surface area contributed by atoms with Crippen LogP contribution >= 0.6 is 23.2 Å². The van der Waals surface area contributed by atoms with Gasteiger partial charge in [-0.3, -0.25) is 14.5 Å². The Morgan fingerprint density at radius 2 is 2.04 bits per heavy atom. The van der Waals surface area contributed by atoms with Gasteiger partial charge in [0.15, 0.2) is 0 Å². The van der Waals surface area contributed by atoms with Crippen LogP contribution in [0.5, 0.6) is 0 Å². The fraction of sp³-hybridized carbons (Fsp3) is 0.214. The van der Waals surface area contributed by atoms with Crippen molar-refractivity contribution in [3.8, 4) is 0 Å². The first kappa shape index (κ1) is 17.3. The first-order chi connectivity index (χ1) is 10.9. The Morgan fingerprint density at radius 3 is 2.65 bits per heavy atom. The molecule has 0 radical (unpaired) electrons. The second-order valence-corrected chi connectivity index (χ2v) is 5.26. The number of carbonyl (C=O) groups is 3. The predicted molar refractivity (Wildman–Crippen MR) is 83.3 cm³/mol. The fourth-order valence-electron chi connectivity index (χ4n) is 1.98. The Labute approximate surface area is 141 Å². The van der Waals surface area contributed by atoms with Gasteiger partial charge in [0.1, 0.15) is 5.70 Å². The van der Waals surface area contributed by atoms with Gasteiger partial charge < -0.3 is 15.2 Å². The number of ether oxygens (including phenoxy) is 1. The van der Waals surface area contributed by atoms with Crippen LogP contribution in [0.2, 0.25) is 10.0 Å². The lowest BCUT2D eigenvalue weighted by atomic mass is 10.2. The average Bonchev–Trinajstić information content (AvgIpc) is 2.78. The van der Waals surface area contributed by atoms with Gasteiger partial charge in [0.2, 0.25) is 0 Å². The number of carbonyl (C=O) groups excluding carboxylic acids is 3. The van der Waals surface area contributed by atoms with Crippen molar-refractivity contribution < 1.29 is 24.2 Å². The number of anilines is 1. The molecule has 23 heavy (non-hydrogen) atoms. The summed E-state index contributed by atoms with van der Waals surface area (Å²) in [6.45, 7) is -0.471. The van der Waals surface area contributed by atoms with Crippen molar-refractivity contribution in [3.63, 3.8) is 0 Å². The minimum Gasteiger partial charge on any atom is -0.465 e. The maximum absolute atomic E-state index is 12.1. The van der Waals surface area contributed by atoms with Gasteiger partial charge in [-0.15, -0.1) is 0 Å². The number of aliphatic hydroxyl groups is 1. The Balaban J connectivity index is 2.34. The molecule has 0 fully saturated rings. The Hall–Kier alpha value is -2.09. The van der Waals surface area contributed by atoms with Crippen LogP contribution < -0.4 is 5.32 Å². The second-order valence-electron chi connectivity index (χ2n) is 4.48. The highest BCUT2D eigenvalue weighted by atomic mass is 35.5. The lowest BCUT2D eigenvalue weighted by molar-refractivity contribution is -0.137. The van der Waals surface area contributed by atoms with Crippen LogP contribution in [0.15, 0.2) is 23.9 Å². The monoisotopic (exact) mass is 358 g/mol. The second kappa shape index (κ2) is 6.99. The number of methoxy groups -OCH3 is 1. The van der Waals surface area contributed by atoms with Gasteiger partial charge >= 0.3 is 5.97 Å². The van der Waals surface area contributed by atoms with Gasteiger partial charge in [0, 0.05) is 6.08 Å². The van der Waals surface area contributed by atoms with Crippen molar-refractivity contribution in [2.45, 2.75) is 0 Å². The molecule has 0 saturated heterocycles. The van der Waals surface area contributed by atoms with E-state index in [9.17, 15) is 14.4 Å². The van der Waals surface area contributed by atoms with E-state index in [0.717, 1.165) is 11.0 Å². The zero-order valence-corrected chi connectivity index (χ0v) is 13.4. The number of rotatable bonds is 5. The van der Waals surface area contributed by atoms with E-state index >= 15 is 0 Å². The van der Waals surface area contributed by atoms with Crippen LogP contribution in [0.3, 0.4) is 0 Å². The first-order valence-electron chi connectivity index (χ1n) is 6.42. The predicted octanol–water partition coefficient (Wildman–Crippen LogP) is 1.44. The standard InChI is InChI=1S/C14H12Cl2N2O5/c1-23-14(22)7-2-3-8(15)12(11(7)16)17-9-6-10(20)18(4-5-19)13(9)21/h2-3,6,17,19H,4-5H2,1H3. The number of hydrogen-bond donors (Lipinski definition) is 2. The van der Waals surface area contributed by atoms with Crippen LogP contribution in [0.25, 0.3) is 0 Å². The van der Waals surface area contributed by atoms with Gasteiger partial charge in [-0.05, 0) is 12.1 Å². The molecule has 9 heteroatoms. The van der Waals surface area contributed by atoms with Crippen molar-refractivity contribution in [1.29, 1.82) is 0 Å². The molecule has 0 spiro atoms. The largest absolute Gasteiger partial charge is 0.465 e. The van der Waals surface area contributed by atoms with E-state index in [1.165, 1.54) is 19.2 Å². The summed E-state index contributed by atoms with van der Waals surface area (Å²) in [4.78, 5) is 36.3. The number of aliphatic hydroxyl groups excluding tert-OH is 1. The van der Waals surface area contributed by atoms with Gasteiger partial charge in [-0.2, -0.15) is 0 Å². The number of imide groups is 1. The number of hydrogen-bond acceptors (Lipinski definition) is 6. The molecule has 1 aromatic rings. The number of halogens is 2. The molecule has 0 saturated carbocycles. The van der Waals surface area contributed by atoms with E-state index in [2.05, 4.69) is 10.1 Å². The summed E-state index contributed by atoms with van der Waals surface area (Å²) in [5.41, 5.74) is 0.106. The van der Waals surface area contributed by atoms with E-state index in [1.54, 1.807) is 0 Å². The summed E-state index contributed by atoms with van der Waals surface area (Å²) in [5, 5.41) is 11.6. The third kappa shape index (κ3) is 3.31. The van der Waals surface area contributed by atoms with E-state index in [4.69, 9.17) is 28.3 Å². The van der Waals surface area contributed by atoms with Crippen LogP contribution in [0, 0.1) is 0 Å². The molecule has 1 heterocycles. The lowest BCUT2D eigenvalue weighted by Crippen LogP contribution is -2.34. The summed E-state index contributed by atoms with van der Waals surface area (Å²) < 4.78 is 4.60. The summed E-state index contributed by atoms with van der Waals surface area (Å²) >= 11 is 12.2. The molecule has 2 N–H and O–H groups in total. The molecule has 2 amide bonds. The molecule has 0 aliphatic carbocycles. The van der Waals surface area contributed by atoms with E-state index in [0.29, 0.717) is 0 Å².